The van der Waals surface area contributed by atoms with Crippen LogP contribution < -0.4 is 10.9 Å². The number of carbonyl (C=O) groups is 2. The predicted molar refractivity (Wildman–Crippen MR) is 141 cm³/mol. The third-order valence-corrected chi connectivity index (χ3v) is 7.93. The first-order valence-corrected chi connectivity index (χ1v) is 13.5. The van der Waals surface area contributed by atoms with Crippen LogP contribution in [-0.2, 0) is 11.3 Å². The lowest BCUT2D eigenvalue weighted by Gasteiger charge is -2.38. The molecule has 2 fully saturated rings. The Hall–Kier alpha value is -3.90. The maximum absolute atomic E-state index is 13.3. The Morgan fingerprint density at radius 1 is 1.24 bits per heavy atom. The van der Waals surface area contributed by atoms with Crippen molar-refractivity contribution in [3.05, 3.63) is 63.2 Å². The second-order valence-corrected chi connectivity index (χ2v) is 11.1. The van der Waals surface area contributed by atoms with Crippen molar-refractivity contribution in [2.24, 2.45) is 5.92 Å². The summed E-state index contributed by atoms with van der Waals surface area (Å²) < 4.78 is 2.96. The Bertz CT molecular complexity index is 1590. The van der Waals surface area contributed by atoms with Crippen LogP contribution in [0.15, 0.2) is 47.0 Å². The summed E-state index contributed by atoms with van der Waals surface area (Å²) >= 11 is 1.41. The molecule has 1 aliphatic heterocycles. The maximum Gasteiger partial charge on any atom is 0.275 e. The molecule has 4 heterocycles. The number of fused-ring (bicyclic) bond motifs is 1. The molecule has 0 bridgehead atoms. The third kappa shape index (κ3) is 4.72. The summed E-state index contributed by atoms with van der Waals surface area (Å²) in [6.07, 6.45) is 5.63. The molecule has 4 aromatic rings. The molecule has 0 spiro atoms. The van der Waals surface area contributed by atoms with Crippen molar-refractivity contribution in [3.8, 4) is 5.69 Å². The van der Waals surface area contributed by atoms with Crippen LogP contribution in [0.25, 0.3) is 16.7 Å². The van der Waals surface area contributed by atoms with Crippen molar-refractivity contribution in [2.75, 3.05) is 18.4 Å². The van der Waals surface area contributed by atoms with E-state index in [0.29, 0.717) is 54.0 Å². The van der Waals surface area contributed by atoms with Gasteiger partial charge in [-0.05, 0) is 50.8 Å². The van der Waals surface area contributed by atoms with E-state index in [-0.39, 0.29) is 29.8 Å². The number of hydrogen-bond donors (Lipinski definition) is 2. The highest BCUT2D eigenvalue weighted by Crippen LogP contribution is 2.33. The molecular weight excluding hydrogens is 506 g/mol. The fourth-order valence-electron chi connectivity index (χ4n) is 4.84. The zero-order chi connectivity index (χ0) is 26.4. The number of nitrogens with one attached hydrogen (secondary N) is 1. The number of carbonyl (C=O) groups excluding carboxylic acids is 2. The fourth-order valence-corrected chi connectivity index (χ4v) is 5.43. The van der Waals surface area contributed by atoms with Gasteiger partial charge in [0.1, 0.15) is 17.4 Å². The van der Waals surface area contributed by atoms with Gasteiger partial charge in [0.05, 0.1) is 29.0 Å². The number of nitrogens with zero attached hydrogens (tertiary/aromatic N) is 6. The van der Waals surface area contributed by atoms with Gasteiger partial charge in [-0.15, -0.1) is 11.3 Å². The lowest BCUT2D eigenvalue weighted by atomic mass is 9.91. The molecule has 0 unspecified atom stereocenters. The Labute approximate surface area is 221 Å². The molecule has 2 N–H and O–H groups in total. The average molecular weight is 534 g/mol. The predicted octanol–water partition coefficient (Wildman–Crippen LogP) is 2.36. The summed E-state index contributed by atoms with van der Waals surface area (Å²) in [5, 5.41) is 21.2. The third-order valence-electron chi connectivity index (χ3n) is 7.15. The van der Waals surface area contributed by atoms with E-state index in [4.69, 9.17) is 0 Å². The largest absolute Gasteiger partial charge is 0.388 e. The van der Waals surface area contributed by atoms with E-state index in [1.54, 1.807) is 28.3 Å². The number of benzene rings is 1. The minimum atomic E-state index is -1.09. The van der Waals surface area contributed by atoms with Crippen LogP contribution in [-0.4, -0.2) is 64.8 Å². The highest BCUT2D eigenvalue weighted by atomic mass is 32.1. The number of likely N-dealkylation sites (tertiary alicyclic amines) is 1. The number of thiazole rings is 1. The number of aliphatic hydroxyl groups is 1. The molecule has 0 radical (unpaired) electrons. The lowest BCUT2D eigenvalue weighted by Crippen LogP contribution is -2.50. The van der Waals surface area contributed by atoms with E-state index in [1.807, 2.05) is 17.9 Å². The summed E-state index contributed by atoms with van der Waals surface area (Å²) in [7, 11) is 0. The first-order valence-electron chi connectivity index (χ1n) is 12.6. The van der Waals surface area contributed by atoms with E-state index in [9.17, 15) is 19.5 Å². The smallest absolute Gasteiger partial charge is 0.275 e. The number of rotatable bonds is 6. The molecule has 2 aliphatic rings. The van der Waals surface area contributed by atoms with Gasteiger partial charge >= 0.3 is 0 Å². The molecule has 38 heavy (non-hydrogen) atoms. The van der Waals surface area contributed by atoms with Gasteiger partial charge in [-0.3, -0.25) is 19.0 Å². The number of aromatic nitrogens is 5. The van der Waals surface area contributed by atoms with E-state index in [2.05, 4.69) is 20.4 Å². The lowest BCUT2D eigenvalue weighted by molar-refractivity contribution is -0.137. The standard InChI is InChI=1S/C26H27N7O4S/c1-16-29-21(13-38-16)23(34)30-18-3-2-4-19(11-18)33-22-20(12-28-33)25(36)32(15-27-22)14-26(37)7-9-31(10-8-26)24(35)17-5-6-17/h2-4,11-13,15,17,37H,5-10,14H2,1H3,(H,30,34). The van der Waals surface area contributed by atoms with Gasteiger partial charge < -0.3 is 15.3 Å². The van der Waals surface area contributed by atoms with Crippen LogP contribution in [0, 0.1) is 12.8 Å². The maximum atomic E-state index is 13.3. The van der Waals surface area contributed by atoms with Crippen molar-refractivity contribution >= 4 is 39.9 Å². The van der Waals surface area contributed by atoms with Crippen LogP contribution in [0.1, 0.15) is 41.2 Å². The topological polar surface area (TPSA) is 135 Å². The molecule has 1 saturated carbocycles. The van der Waals surface area contributed by atoms with E-state index >= 15 is 0 Å². The quantitative estimate of drug-likeness (QED) is 0.388. The van der Waals surface area contributed by atoms with Crippen LogP contribution >= 0.6 is 11.3 Å². The average Bonchev–Trinajstić information content (AvgIpc) is 3.52. The van der Waals surface area contributed by atoms with Crippen molar-refractivity contribution < 1.29 is 14.7 Å². The van der Waals surface area contributed by atoms with E-state index in [0.717, 1.165) is 17.8 Å². The van der Waals surface area contributed by atoms with Crippen LogP contribution in [0.5, 0.6) is 0 Å². The van der Waals surface area contributed by atoms with Crippen molar-refractivity contribution in [1.82, 2.24) is 29.2 Å². The summed E-state index contributed by atoms with van der Waals surface area (Å²) in [6, 6.07) is 7.09. The SMILES string of the molecule is Cc1nc(C(=O)Nc2cccc(-n3ncc4c(=O)n(CC5(O)CCN(C(=O)C6CC6)CC5)cnc43)c2)cs1. The first kappa shape index (κ1) is 24.4. The number of aryl methyl sites for hydroxylation is 1. The van der Waals surface area contributed by atoms with Crippen molar-refractivity contribution in [1.29, 1.82) is 0 Å². The Morgan fingerprint density at radius 3 is 2.74 bits per heavy atom. The second-order valence-electron chi connectivity index (χ2n) is 10.1. The molecule has 196 valence electrons. The molecule has 6 rings (SSSR count). The number of piperidine rings is 1. The first-order chi connectivity index (χ1) is 18.3. The van der Waals surface area contributed by atoms with Crippen molar-refractivity contribution in [2.45, 2.75) is 44.8 Å². The fraction of sp³-hybridized carbons (Fsp3) is 0.385. The molecule has 3 aromatic heterocycles. The van der Waals surface area contributed by atoms with E-state index in [1.165, 1.54) is 28.4 Å². The summed E-state index contributed by atoms with van der Waals surface area (Å²) in [4.78, 5) is 48.6. The number of anilines is 1. The van der Waals surface area contributed by atoms with Gasteiger partial charge in [0.25, 0.3) is 11.5 Å². The summed E-state index contributed by atoms with van der Waals surface area (Å²) in [6.45, 7) is 2.92. The van der Waals surface area contributed by atoms with E-state index < -0.39 is 5.60 Å². The van der Waals surface area contributed by atoms with Gasteiger partial charge in [-0.25, -0.2) is 14.6 Å². The molecular formula is C26H27N7O4S. The molecule has 12 heteroatoms. The molecule has 1 aromatic carbocycles. The molecule has 1 aliphatic carbocycles. The minimum absolute atomic E-state index is 0.100. The molecule has 11 nitrogen and oxygen atoms in total. The molecule has 0 atom stereocenters. The number of amides is 2. The van der Waals surface area contributed by atoms with Gasteiger partial charge in [-0.2, -0.15) is 5.10 Å². The minimum Gasteiger partial charge on any atom is -0.388 e. The van der Waals surface area contributed by atoms with Crippen LogP contribution in [0.4, 0.5) is 5.69 Å². The summed E-state index contributed by atoms with van der Waals surface area (Å²) in [5.41, 5.74) is 0.535. The van der Waals surface area contributed by atoms with Gasteiger partial charge in [-0.1, -0.05) is 6.07 Å². The monoisotopic (exact) mass is 533 g/mol. The Balaban J connectivity index is 1.19. The zero-order valence-electron chi connectivity index (χ0n) is 20.8. The summed E-state index contributed by atoms with van der Waals surface area (Å²) in [5.74, 6) is 0.0335. The Kier molecular flexibility index (Phi) is 6.07. The second kappa shape index (κ2) is 9.44. The number of hydrogen-bond acceptors (Lipinski definition) is 8. The molecule has 2 amide bonds. The Morgan fingerprint density at radius 2 is 2.03 bits per heavy atom. The van der Waals surface area contributed by atoms with Gasteiger partial charge in [0.15, 0.2) is 5.65 Å². The van der Waals surface area contributed by atoms with Gasteiger partial charge in [0, 0.05) is 30.1 Å². The van der Waals surface area contributed by atoms with Crippen LogP contribution in [0.3, 0.4) is 0 Å². The highest BCUT2D eigenvalue weighted by molar-refractivity contribution is 7.09. The van der Waals surface area contributed by atoms with Gasteiger partial charge in [0.2, 0.25) is 5.91 Å². The van der Waals surface area contributed by atoms with Crippen LogP contribution in [0.2, 0.25) is 0 Å². The highest BCUT2D eigenvalue weighted by Gasteiger charge is 2.39. The zero-order valence-corrected chi connectivity index (χ0v) is 21.6. The normalized spacial score (nSPS) is 17.1. The molecule has 1 saturated heterocycles. The van der Waals surface area contributed by atoms with Crippen molar-refractivity contribution in [3.63, 3.8) is 0 Å².